The number of amides is 1. The molecule has 0 spiro atoms. The van der Waals surface area contributed by atoms with E-state index in [-0.39, 0.29) is 5.91 Å². The van der Waals surface area contributed by atoms with Gasteiger partial charge < -0.3 is 9.64 Å². The zero-order valence-corrected chi connectivity index (χ0v) is 12.2. The highest BCUT2D eigenvalue weighted by Crippen LogP contribution is 2.24. The Labute approximate surface area is 114 Å². The van der Waals surface area contributed by atoms with Gasteiger partial charge in [-0.05, 0) is 40.8 Å². The summed E-state index contributed by atoms with van der Waals surface area (Å²) in [4.78, 5) is 14.1. The topological polar surface area (TPSA) is 29.5 Å². The predicted molar refractivity (Wildman–Crippen MR) is 72.5 cm³/mol. The first kappa shape index (κ1) is 13.1. The molecule has 2 heterocycles. The number of hydrogen-bond donors (Lipinski definition) is 0. The summed E-state index contributed by atoms with van der Waals surface area (Å²) in [6, 6.07) is 1.90. The van der Waals surface area contributed by atoms with E-state index >= 15 is 0 Å². The van der Waals surface area contributed by atoms with Crippen molar-refractivity contribution in [2.24, 2.45) is 5.92 Å². The Morgan fingerprint density at radius 3 is 2.82 bits per heavy atom. The zero-order chi connectivity index (χ0) is 12.3. The molecular weight excluding hydrogens is 302 g/mol. The third-order valence-electron chi connectivity index (χ3n) is 3.12. The largest absolute Gasteiger partial charge is 0.384 e. The molecule has 0 aliphatic carbocycles. The van der Waals surface area contributed by atoms with E-state index in [1.807, 2.05) is 16.3 Å². The lowest BCUT2D eigenvalue weighted by Crippen LogP contribution is -2.39. The number of halogens is 1. The average molecular weight is 318 g/mol. The van der Waals surface area contributed by atoms with Crippen molar-refractivity contribution in [3.8, 4) is 0 Å². The number of nitrogens with zero attached hydrogens (tertiary/aromatic N) is 1. The van der Waals surface area contributed by atoms with Crippen LogP contribution < -0.4 is 0 Å². The van der Waals surface area contributed by atoms with Crippen LogP contribution in [0.15, 0.2) is 15.2 Å². The average Bonchev–Trinajstić information content (AvgIpc) is 2.76. The summed E-state index contributed by atoms with van der Waals surface area (Å²) < 4.78 is 6.17. The van der Waals surface area contributed by atoms with Crippen molar-refractivity contribution >= 4 is 33.2 Å². The van der Waals surface area contributed by atoms with Crippen LogP contribution in [0.4, 0.5) is 0 Å². The van der Waals surface area contributed by atoms with Gasteiger partial charge in [-0.2, -0.15) is 0 Å². The van der Waals surface area contributed by atoms with Gasteiger partial charge in [-0.1, -0.05) is 0 Å². The van der Waals surface area contributed by atoms with Gasteiger partial charge in [-0.25, -0.2) is 0 Å². The number of hydrogen-bond acceptors (Lipinski definition) is 3. The molecule has 17 heavy (non-hydrogen) atoms. The molecule has 1 saturated heterocycles. The number of carbonyl (C=O) groups excluding carboxylic acids is 1. The number of piperidine rings is 1. The van der Waals surface area contributed by atoms with Crippen LogP contribution in [0.2, 0.25) is 0 Å². The van der Waals surface area contributed by atoms with Gasteiger partial charge in [0.15, 0.2) is 0 Å². The zero-order valence-electron chi connectivity index (χ0n) is 9.82. The van der Waals surface area contributed by atoms with Crippen LogP contribution in [0.1, 0.15) is 23.2 Å². The first-order chi connectivity index (χ1) is 8.20. The van der Waals surface area contributed by atoms with Crippen LogP contribution in [0.5, 0.6) is 0 Å². The normalized spacial score (nSPS) is 17.4. The maximum Gasteiger partial charge on any atom is 0.254 e. The van der Waals surface area contributed by atoms with E-state index in [1.54, 1.807) is 18.4 Å². The van der Waals surface area contributed by atoms with E-state index in [2.05, 4.69) is 15.9 Å². The summed E-state index contributed by atoms with van der Waals surface area (Å²) in [6.45, 7) is 2.51. The minimum absolute atomic E-state index is 0.155. The van der Waals surface area contributed by atoms with Crippen LogP contribution >= 0.6 is 27.3 Å². The number of likely N-dealkylation sites (tertiary alicyclic amines) is 1. The minimum Gasteiger partial charge on any atom is -0.384 e. The molecule has 1 aliphatic rings. The molecule has 2 rings (SSSR count). The van der Waals surface area contributed by atoms with Gasteiger partial charge in [0.05, 0.1) is 9.35 Å². The van der Waals surface area contributed by atoms with Crippen LogP contribution in [-0.4, -0.2) is 37.6 Å². The second-order valence-corrected chi connectivity index (χ2v) is 6.62. The van der Waals surface area contributed by atoms with E-state index < -0.39 is 0 Å². The molecule has 0 saturated carbocycles. The van der Waals surface area contributed by atoms with Crippen molar-refractivity contribution in [2.75, 3.05) is 26.8 Å². The summed E-state index contributed by atoms with van der Waals surface area (Å²) in [5.74, 6) is 0.765. The number of methoxy groups -OCH3 is 1. The molecular formula is C12H16BrNO2S. The van der Waals surface area contributed by atoms with Crippen molar-refractivity contribution in [2.45, 2.75) is 12.8 Å². The fraction of sp³-hybridized carbons (Fsp3) is 0.583. The number of carbonyl (C=O) groups is 1. The molecule has 1 amide bonds. The lowest BCUT2D eigenvalue weighted by atomic mass is 9.97. The summed E-state index contributed by atoms with van der Waals surface area (Å²) in [5.41, 5.74) is 0.798. The molecule has 1 aromatic heterocycles. The molecule has 3 nitrogen and oxygen atoms in total. The Bertz CT molecular complexity index is 386. The lowest BCUT2D eigenvalue weighted by Gasteiger charge is -2.31. The van der Waals surface area contributed by atoms with E-state index in [0.717, 1.165) is 41.9 Å². The molecule has 1 aromatic rings. The van der Waals surface area contributed by atoms with E-state index in [0.29, 0.717) is 5.92 Å². The smallest absolute Gasteiger partial charge is 0.254 e. The molecule has 0 aromatic carbocycles. The lowest BCUT2D eigenvalue weighted by molar-refractivity contribution is 0.0614. The number of rotatable bonds is 3. The summed E-state index contributed by atoms with van der Waals surface area (Å²) in [5, 5.41) is 1.91. The summed E-state index contributed by atoms with van der Waals surface area (Å²) in [7, 11) is 1.74. The Kier molecular flexibility index (Phi) is 4.59. The maximum atomic E-state index is 12.2. The molecule has 0 atom stereocenters. The summed E-state index contributed by atoms with van der Waals surface area (Å²) >= 11 is 4.94. The number of ether oxygens (including phenoxy) is 1. The molecule has 0 N–H and O–H groups in total. The molecule has 0 radical (unpaired) electrons. The highest BCUT2D eigenvalue weighted by Gasteiger charge is 2.23. The van der Waals surface area contributed by atoms with Crippen molar-refractivity contribution in [3.63, 3.8) is 0 Å². The highest BCUT2D eigenvalue weighted by molar-refractivity contribution is 9.11. The quantitative estimate of drug-likeness (QED) is 0.857. The van der Waals surface area contributed by atoms with Crippen molar-refractivity contribution in [1.82, 2.24) is 4.90 Å². The minimum atomic E-state index is 0.155. The molecule has 94 valence electrons. The second-order valence-electron chi connectivity index (χ2n) is 4.33. The van der Waals surface area contributed by atoms with E-state index in [9.17, 15) is 4.79 Å². The Morgan fingerprint density at radius 1 is 1.59 bits per heavy atom. The van der Waals surface area contributed by atoms with Gasteiger partial charge in [0, 0.05) is 32.2 Å². The molecule has 5 heteroatoms. The Balaban J connectivity index is 1.90. The van der Waals surface area contributed by atoms with E-state index in [1.165, 1.54) is 0 Å². The van der Waals surface area contributed by atoms with Gasteiger partial charge in [0.1, 0.15) is 0 Å². The highest BCUT2D eigenvalue weighted by atomic mass is 79.9. The molecule has 0 unspecified atom stereocenters. The Morgan fingerprint density at radius 2 is 2.29 bits per heavy atom. The van der Waals surface area contributed by atoms with Crippen LogP contribution in [0, 0.1) is 5.92 Å². The van der Waals surface area contributed by atoms with E-state index in [4.69, 9.17) is 4.74 Å². The first-order valence-corrected chi connectivity index (χ1v) is 7.40. The fourth-order valence-corrected chi connectivity index (χ4v) is 3.27. The second kappa shape index (κ2) is 5.98. The van der Waals surface area contributed by atoms with Crippen molar-refractivity contribution in [3.05, 3.63) is 20.8 Å². The standard InChI is InChI=1S/C12H16BrNO2S/c1-16-7-9-2-4-14(5-3-9)12(15)10-6-11(13)17-8-10/h6,8-9H,2-5,7H2,1H3. The Hall–Kier alpha value is -0.390. The van der Waals surface area contributed by atoms with Crippen molar-refractivity contribution in [1.29, 1.82) is 0 Å². The SMILES string of the molecule is COCC1CCN(C(=O)c2csc(Br)c2)CC1. The molecule has 1 aliphatic heterocycles. The van der Waals surface area contributed by atoms with Gasteiger partial charge >= 0.3 is 0 Å². The van der Waals surface area contributed by atoms with Gasteiger partial charge in [-0.3, -0.25) is 4.79 Å². The number of thiophene rings is 1. The van der Waals surface area contributed by atoms with Crippen LogP contribution in [0.25, 0.3) is 0 Å². The maximum absolute atomic E-state index is 12.2. The monoisotopic (exact) mass is 317 g/mol. The summed E-state index contributed by atoms with van der Waals surface area (Å²) in [6.07, 6.45) is 2.09. The van der Waals surface area contributed by atoms with Crippen molar-refractivity contribution < 1.29 is 9.53 Å². The van der Waals surface area contributed by atoms with Crippen LogP contribution in [0.3, 0.4) is 0 Å². The third-order valence-corrected chi connectivity index (χ3v) is 4.62. The fourth-order valence-electron chi connectivity index (χ4n) is 2.14. The van der Waals surface area contributed by atoms with Crippen LogP contribution in [-0.2, 0) is 4.74 Å². The predicted octanol–water partition coefficient (Wildman–Crippen LogP) is 3.01. The van der Waals surface area contributed by atoms with Gasteiger partial charge in [0.25, 0.3) is 5.91 Å². The first-order valence-electron chi connectivity index (χ1n) is 5.73. The molecule has 1 fully saturated rings. The van der Waals surface area contributed by atoms with Gasteiger partial charge in [0.2, 0.25) is 0 Å². The molecule has 0 bridgehead atoms. The third kappa shape index (κ3) is 3.30. The van der Waals surface area contributed by atoms with Gasteiger partial charge in [-0.15, -0.1) is 11.3 Å².